The van der Waals surface area contributed by atoms with E-state index in [1.807, 2.05) is 0 Å². The summed E-state index contributed by atoms with van der Waals surface area (Å²) in [4.78, 5) is 0. The van der Waals surface area contributed by atoms with E-state index < -0.39 is 11.0 Å². The van der Waals surface area contributed by atoms with Gasteiger partial charge in [-0.05, 0) is 25.7 Å². The average Bonchev–Trinajstić information content (AvgIpc) is 2.91. The normalized spacial score (nSPS) is 19.9. The molecule has 2 unspecified atom stereocenters. The van der Waals surface area contributed by atoms with E-state index in [0.717, 1.165) is 25.9 Å². The molecule has 0 aliphatic heterocycles. The van der Waals surface area contributed by atoms with Gasteiger partial charge in [0.1, 0.15) is 0 Å². The van der Waals surface area contributed by atoms with Gasteiger partial charge in [-0.1, -0.05) is 64.7 Å². The fraction of sp³-hybridized carbons (Fsp3) is 1.00. The summed E-state index contributed by atoms with van der Waals surface area (Å²) in [6.45, 7) is 3.06. The third-order valence-corrected chi connectivity index (χ3v) is 4.83. The molecule has 1 aliphatic rings. The van der Waals surface area contributed by atoms with Crippen LogP contribution in [0, 0.1) is 0 Å². The minimum absolute atomic E-state index is 0. The molecule has 1 fully saturated rings. The smallest absolute Gasteiger partial charge is 0.457 e. The van der Waals surface area contributed by atoms with Gasteiger partial charge >= 0.3 is 29.6 Å². The molecule has 0 spiro atoms. The van der Waals surface area contributed by atoms with Gasteiger partial charge in [-0.3, -0.25) is 0 Å². The molecule has 0 bridgehead atoms. The third-order valence-electron chi connectivity index (χ3n) is 4.40. The van der Waals surface area contributed by atoms with Gasteiger partial charge in [0.2, 0.25) is 0 Å². The summed E-state index contributed by atoms with van der Waals surface area (Å²) in [6, 6.07) is 0. The van der Waals surface area contributed by atoms with Gasteiger partial charge in [-0.25, -0.2) is 0 Å². The molecule has 0 amide bonds. The monoisotopic (exact) mass is 375 g/mol. The molecule has 0 aromatic rings. The summed E-state index contributed by atoms with van der Waals surface area (Å²) >= 11 is 0. The molecular weight excluding hydrogens is 339 g/mol. The van der Waals surface area contributed by atoms with E-state index >= 15 is 0 Å². The molecular formula is C17H36NaO5S+. The predicted octanol–water partition coefficient (Wildman–Crippen LogP) is 1.17. The van der Waals surface area contributed by atoms with Crippen LogP contribution in [0.3, 0.4) is 0 Å². The van der Waals surface area contributed by atoms with Crippen LogP contribution in [0.15, 0.2) is 0 Å². The molecule has 5 nitrogen and oxygen atoms in total. The molecule has 1 aliphatic carbocycles. The Morgan fingerprint density at radius 1 is 0.833 bits per heavy atom. The van der Waals surface area contributed by atoms with Crippen LogP contribution in [0.25, 0.3) is 0 Å². The van der Waals surface area contributed by atoms with Gasteiger partial charge in [0.05, 0.1) is 17.1 Å². The fourth-order valence-corrected chi connectivity index (χ4v) is 3.49. The van der Waals surface area contributed by atoms with Crippen LogP contribution in [0.4, 0.5) is 0 Å². The Balaban J connectivity index is 0. The van der Waals surface area contributed by atoms with Crippen LogP contribution < -0.4 is 29.6 Å². The fourth-order valence-electron chi connectivity index (χ4n) is 3.09. The van der Waals surface area contributed by atoms with E-state index in [2.05, 4.69) is 6.92 Å². The zero-order chi connectivity index (χ0) is 16.0. The molecule has 7 heteroatoms. The first-order valence-electron chi connectivity index (χ1n) is 9.10. The quantitative estimate of drug-likeness (QED) is 0.197. The maximum atomic E-state index is 10.5. The maximum Gasteiger partial charge on any atom is 1.00 e. The summed E-state index contributed by atoms with van der Waals surface area (Å²) in [5, 5.41) is 0. The minimum Gasteiger partial charge on any atom is -0.457 e. The van der Waals surface area contributed by atoms with Crippen LogP contribution in [0.1, 0.15) is 90.4 Å². The second-order valence-corrected chi connectivity index (χ2v) is 7.01. The van der Waals surface area contributed by atoms with Crippen LogP contribution in [-0.4, -0.2) is 18.8 Å². The molecule has 3 N–H and O–H groups in total. The molecule has 140 valence electrons. The van der Waals surface area contributed by atoms with E-state index in [-0.39, 0.29) is 47.2 Å². The SMILES string of the molecule is CCCCCCCCCCCCOC1CCC(O[S-](=O)=O)C1.[Na+].[OH3+]. The van der Waals surface area contributed by atoms with E-state index in [1.165, 1.54) is 57.8 Å². The molecule has 24 heavy (non-hydrogen) atoms. The summed E-state index contributed by atoms with van der Waals surface area (Å²) in [7, 11) is -2.39. The van der Waals surface area contributed by atoms with Crippen molar-refractivity contribution in [2.24, 2.45) is 0 Å². The Morgan fingerprint density at radius 3 is 1.88 bits per heavy atom. The van der Waals surface area contributed by atoms with Crippen LogP contribution >= 0.6 is 0 Å². The van der Waals surface area contributed by atoms with Crippen LogP contribution in [0.2, 0.25) is 0 Å². The standard InChI is InChI=1S/C17H33O4S.Na.H2O/c1-2-3-4-5-6-7-8-9-10-11-14-20-16-12-13-17(15-16)21-22(18)19;;/h16-17H,2-15H2,1H3;;1H2/q-1;+1;/p+1. The second kappa shape index (κ2) is 18.6. The Kier molecular flexibility index (Phi) is 21.0. The first-order valence-corrected chi connectivity index (χ1v) is 10.1. The topological polar surface area (TPSA) is 85.6 Å². The largest absolute Gasteiger partial charge is 1.00 e. The first kappa shape index (κ1) is 27.1. The Labute approximate surface area is 172 Å². The minimum atomic E-state index is -2.39. The van der Waals surface area contributed by atoms with E-state index in [9.17, 15) is 8.42 Å². The van der Waals surface area contributed by atoms with Crippen molar-refractivity contribution in [2.75, 3.05) is 6.61 Å². The van der Waals surface area contributed by atoms with Crippen LogP contribution in [-0.2, 0) is 33.8 Å². The van der Waals surface area contributed by atoms with Crippen molar-refractivity contribution in [3.63, 3.8) is 0 Å². The van der Waals surface area contributed by atoms with Crippen molar-refractivity contribution < 1.29 is 52.4 Å². The van der Waals surface area contributed by atoms with Crippen LogP contribution in [0.5, 0.6) is 0 Å². The van der Waals surface area contributed by atoms with Crippen molar-refractivity contribution in [1.82, 2.24) is 0 Å². The molecule has 0 aromatic carbocycles. The average molecular weight is 376 g/mol. The van der Waals surface area contributed by atoms with Crippen molar-refractivity contribution >= 4 is 11.0 Å². The van der Waals surface area contributed by atoms with E-state index in [1.54, 1.807) is 0 Å². The van der Waals surface area contributed by atoms with Gasteiger partial charge in [0, 0.05) is 12.7 Å². The van der Waals surface area contributed by atoms with E-state index in [4.69, 9.17) is 8.92 Å². The van der Waals surface area contributed by atoms with Crippen molar-refractivity contribution in [3.05, 3.63) is 0 Å². The Bertz CT molecular complexity index is 331. The molecule has 0 saturated heterocycles. The first-order chi connectivity index (χ1) is 10.7. The summed E-state index contributed by atoms with van der Waals surface area (Å²) in [5.41, 5.74) is 0. The third kappa shape index (κ3) is 15.1. The number of rotatable bonds is 14. The molecule has 0 heterocycles. The zero-order valence-corrected chi connectivity index (χ0v) is 18.5. The van der Waals surface area contributed by atoms with Gasteiger partial charge in [-0.15, -0.1) is 0 Å². The molecule has 1 saturated carbocycles. The number of hydrogen-bond acceptors (Lipinski definition) is 5. The summed E-state index contributed by atoms with van der Waals surface area (Å²) in [6.07, 6.45) is 15.7. The van der Waals surface area contributed by atoms with Crippen molar-refractivity contribution in [3.8, 4) is 0 Å². The van der Waals surface area contributed by atoms with Gasteiger partial charge in [0.25, 0.3) is 0 Å². The number of hydrogen-bond donors (Lipinski definition) is 0. The summed E-state index contributed by atoms with van der Waals surface area (Å²) in [5.74, 6) is 0. The molecule has 0 radical (unpaired) electrons. The molecule has 2 atom stereocenters. The predicted molar refractivity (Wildman–Crippen MR) is 93.9 cm³/mol. The Hall–Kier alpha value is 0.830. The van der Waals surface area contributed by atoms with Gasteiger partial charge in [0.15, 0.2) is 0 Å². The van der Waals surface area contributed by atoms with Crippen molar-refractivity contribution in [2.45, 2.75) is 103 Å². The zero-order valence-electron chi connectivity index (χ0n) is 15.7. The molecule has 1 rings (SSSR count). The Morgan fingerprint density at radius 2 is 1.33 bits per heavy atom. The second-order valence-electron chi connectivity index (χ2n) is 6.41. The van der Waals surface area contributed by atoms with Gasteiger partial charge < -0.3 is 22.8 Å². The van der Waals surface area contributed by atoms with Crippen molar-refractivity contribution in [1.29, 1.82) is 0 Å². The maximum absolute atomic E-state index is 10.5. The number of ether oxygens (including phenoxy) is 1. The number of unbranched alkanes of at least 4 members (excludes halogenated alkanes) is 9. The van der Waals surface area contributed by atoms with Gasteiger partial charge in [-0.2, -0.15) is 0 Å². The van der Waals surface area contributed by atoms with E-state index in [0.29, 0.717) is 6.42 Å². The summed E-state index contributed by atoms with van der Waals surface area (Å²) < 4.78 is 31.5. The molecule has 0 aromatic heterocycles.